The molecule has 2 aromatic rings. The van der Waals surface area contributed by atoms with Crippen LogP contribution in [0, 0.1) is 11.6 Å². The minimum atomic E-state index is -3.96. The summed E-state index contributed by atoms with van der Waals surface area (Å²) in [5, 5.41) is 2.95. The maximum absolute atomic E-state index is 13.1. The number of sulfonamides is 1. The Kier molecular flexibility index (Phi) is 4.54. The second-order valence-corrected chi connectivity index (χ2v) is 6.09. The molecule has 0 aliphatic carbocycles. The van der Waals surface area contributed by atoms with Crippen LogP contribution in [-0.2, 0) is 16.6 Å². The molecule has 0 unspecified atom stereocenters. The molecule has 2 N–H and O–H groups in total. The highest BCUT2D eigenvalue weighted by Crippen LogP contribution is 2.19. The predicted octanol–water partition coefficient (Wildman–Crippen LogP) is 2.49. The van der Waals surface area contributed by atoms with Gasteiger partial charge >= 0.3 is 0 Å². The molecule has 0 saturated heterocycles. The Morgan fingerprint density at radius 2 is 1.81 bits per heavy atom. The summed E-state index contributed by atoms with van der Waals surface area (Å²) in [6, 6.07) is 9.22. The SMILES string of the molecule is CNCc1cccc(NS(=O)(=O)c2ccc(F)c(F)c2)c1. The molecule has 0 aliphatic heterocycles. The highest BCUT2D eigenvalue weighted by molar-refractivity contribution is 7.92. The van der Waals surface area contributed by atoms with Crippen LogP contribution in [0.2, 0.25) is 0 Å². The number of rotatable bonds is 5. The van der Waals surface area contributed by atoms with Crippen molar-refractivity contribution in [1.82, 2.24) is 5.32 Å². The molecule has 0 saturated carbocycles. The molecule has 0 bridgehead atoms. The lowest BCUT2D eigenvalue weighted by Gasteiger charge is -2.10. The molecule has 112 valence electrons. The lowest BCUT2D eigenvalue weighted by atomic mass is 10.2. The van der Waals surface area contributed by atoms with Gasteiger partial charge in [-0.25, -0.2) is 17.2 Å². The van der Waals surface area contributed by atoms with E-state index in [1.54, 1.807) is 25.2 Å². The van der Waals surface area contributed by atoms with Crippen molar-refractivity contribution in [2.75, 3.05) is 11.8 Å². The first-order valence-electron chi connectivity index (χ1n) is 6.14. The van der Waals surface area contributed by atoms with E-state index in [-0.39, 0.29) is 4.90 Å². The zero-order valence-corrected chi connectivity index (χ0v) is 12.0. The molecule has 0 heterocycles. The molecule has 0 fully saturated rings. The largest absolute Gasteiger partial charge is 0.316 e. The van der Waals surface area contributed by atoms with Gasteiger partial charge < -0.3 is 5.32 Å². The number of hydrogen-bond donors (Lipinski definition) is 2. The van der Waals surface area contributed by atoms with E-state index in [4.69, 9.17) is 0 Å². The highest BCUT2D eigenvalue weighted by Gasteiger charge is 2.16. The van der Waals surface area contributed by atoms with Gasteiger partial charge in [-0.05, 0) is 42.9 Å². The molecular formula is C14H14F2N2O2S. The Morgan fingerprint density at radius 1 is 1.05 bits per heavy atom. The quantitative estimate of drug-likeness (QED) is 0.892. The van der Waals surface area contributed by atoms with Gasteiger partial charge in [-0.2, -0.15) is 0 Å². The van der Waals surface area contributed by atoms with Crippen LogP contribution in [0.4, 0.5) is 14.5 Å². The average molecular weight is 312 g/mol. The monoisotopic (exact) mass is 312 g/mol. The summed E-state index contributed by atoms with van der Waals surface area (Å²) in [6.45, 7) is 0.584. The molecule has 4 nitrogen and oxygen atoms in total. The molecule has 0 atom stereocenters. The smallest absolute Gasteiger partial charge is 0.261 e. The van der Waals surface area contributed by atoms with Crippen molar-refractivity contribution >= 4 is 15.7 Å². The van der Waals surface area contributed by atoms with Gasteiger partial charge in [0.1, 0.15) is 0 Å². The molecule has 21 heavy (non-hydrogen) atoms. The predicted molar refractivity (Wildman–Crippen MR) is 76.4 cm³/mol. The number of anilines is 1. The molecule has 0 aromatic heterocycles. The summed E-state index contributed by atoms with van der Waals surface area (Å²) in [7, 11) is -2.19. The van der Waals surface area contributed by atoms with Gasteiger partial charge in [0.15, 0.2) is 11.6 Å². The molecule has 7 heteroatoms. The van der Waals surface area contributed by atoms with E-state index in [1.807, 2.05) is 6.07 Å². The zero-order chi connectivity index (χ0) is 15.5. The molecule has 2 rings (SSSR count). The van der Waals surface area contributed by atoms with E-state index in [0.29, 0.717) is 18.3 Å². The van der Waals surface area contributed by atoms with Crippen molar-refractivity contribution in [3.8, 4) is 0 Å². The number of hydrogen-bond acceptors (Lipinski definition) is 3. The van der Waals surface area contributed by atoms with Crippen molar-refractivity contribution in [2.24, 2.45) is 0 Å². The normalized spacial score (nSPS) is 11.4. The number of benzene rings is 2. The third-order valence-electron chi connectivity index (χ3n) is 2.76. The lowest BCUT2D eigenvalue weighted by Crippen LogP contribution is -2.14. The van der Waals surface area contributed by atoms with Crippen LogP contribution in [0.25, 0.3) is 0 Å². The molecule has 0 spiro atoms. The summed E-state index contributed by atoms with van der Waals surface area (Å²) in [4.78, 5) is -0.333. The number of nitrogens with one attached hydrogen (secondary N) is 2. The van der Waals surface area contributed by atoms with Crippen LogP contribution in [0.5, 0.6) is 0 Å². The Hall–Kier alpha value is -1.99. The van der Waals surface area contributed by atoms with Gasteiger partial charge in [-0.15, -0.1) is 0 Å². The molecule has 2 aromatic carbocycles. The molecule has 0 aliphatic rings. The van der Waals surface area contributed by atoms with Crippen molar-refractivity contribution in [1.29, 1.82) is 0 Å². The molecular weight excluding hydrogens is 298 g/mol. The van der Waals surface area contributed by atoms with E-state index in [9.17, 15) is 17.2 Å². The standard InChI is InChI=1S/C14H14F2N2O2S/c1-17-9-10-3-2-4-11(7-10)18-21(19,20)12-5-6-13(15)14(16)8-12/h2-8,17-18H,9H2,1H3. The van der Waals surface area contributed by atoms with Gasteiger partial charge in [0.2, 0.25) is 0 Å². The minimum Gasteiger partial charge on any atom is -0.316 e. The summed E-state index contributed by atoms with van der Waals surface area (Å²) >= 11 is 0. The summed E-state index contributed by atoms with van der Waals surface area (Å²) in [6.07, 6.45) is 0. The van der Waals surface area contributed by atoms with Gasteiger partial charge in [-0.1, -0.05) is 12.1 Å². The van der Waals surface area contributed by atoms with E-state index in [2.05, 4.69) is 10.0 Å². The van der Waals surface area contributed by atoms with Crippen molar-refractivity contribution in [2.45, 2.75) is 11.4 Å². The topological polar surface area (TPSA) is 58.2 Å². The van der Waals surface area contributed by atoms with Crippen LogP contribution >= 0.6 is 0 Å². The minimum absolute atomic E-state index is 0.333. The van der Waals surface area contributed by atoms with Gasteiger partial charge in [0, 0.05) is 12.2 Å². The van der Waals surface area contributed by atoms with E-state index in [0.717, 1.165) is 17.7 Å². The summed E-state index contributed by atoms with van der Waals surface area (Å²) in [5.74, 6) is -2.30. The first-order valence-corrected chi connectivity index (χ1v) is 7.62. The molecule has 0 radical (unpaired) electrons. The maximum atomic E-state index is 13.1. The van der Waals surface area contributed by atoms with Crippen LogP contribution in [-0.4, -0.2) is 15.5 Å². The van der Waals surface area contributed by atoms with Crippen LogP contribution < -0.4 is 10.0 Å². The lowest BCUT2D eigenvalue weighted by molar-refractivity contribution is 0.504. The van der Waals surface area contributed by atoms with Crippen molar-refractivity contribution < 1.29 is 17.2 Å². The zero-order valence-electron chi connectivity index (χ0n) is 11.2. The first kappa shape index (κ1) is 15.4. The Morgan fingerprint density at radius 3 is 2.48 bits per heavy atom. The fraction of sp³-hybridized carbons (Fsp3) is 0.143. The third kappa shape index (κ3) is 3.77. The second kappa shape index (κ2) is 6.19. The molecule has 0 amide bonds. The van der Waals surface area contributed by atoms with Gasteiger partial charge in [0.25, 0.3) is 10.0 Å². The van der Waals surface area contributed by atoms with E-state index in [1.165, 1.54) is 0 Å². The fourth-order valence-electron chi connectivity index (χ4n) is 1.81. The first-order chi connectivity index (χ1) is 9.92. The second-order valence-electron chi connectivity index (χ2n) is 4.41. The summed E-state index contributed by atoms with van der Waals surface area (Å²) < 4.78 is 52.6. The fourth-order valence-corrected chi connectivity index (χ4v) is 2.87. The van der Waals surface area contributed by atoms with Crippen molar-refractivity contribution in [3.63, 3.8) is 0 Å². The Balaban J connectivity index is 2.28. The Labute approximate surface area is 121 Å². The van der Waals surface area contributed by atoms with E-state index < -0.39 is 21.7 Å². The van der Waals surface area contributed by atoms with Gasteiger partial charge in [-0.3, -0.25) is 4.72 Å². The third-order valence-corrected chi connectivity index (χ3v) is 4.14. The summed E-state index contributed by atoms with van der Waals surface area (Å²) in [5.41, 5.74) is 1.25. The van der Waals surface area contributed by atoms with Crippen LogP contribution in [0.3, 0.4) is 0 Å². The maximum Gasteiger partial charge on any atom is 0.261 e. The highest BCUT2D eigenvalue weighted by atomic mass is 32.2. The van der Waals surface area contributed by atoms with Crippen LogP contribution in [0.15, 0.2) is 47.4 Å². The van der Waals surface area contributed by atoms with Crippen molar-refractivity contribution in [3.05, 3.63) is 59.7 Å². The number of halogens is 2. The van der Waals surface area contributed by atoms with Crippen LogP contribution in [0.1, 0.15) is 5.56 Å². The average Bonchev–Trinajstić information content (AvgIpc) is 2.42. The van der Waals surface area contributed by atoms with E-state index >= 15 is 0 Å². The van der Waals surface area contributed by atoms with Gasteiger partial charge in [0.05, 0.1) is 4.90 Å². The Bertz CT molecular complexity index is 748.